The Morgan fingerprint density at radius 2 is 1.96 bits per heavy atom. The number of aliphatic imine (C=N–C) groups is 1. The molecule has 0 amide bonds. The van der Waals surface area contributed by atoms with Gasteiger partial charge in [-0.3, -0.25) is 0 Å². The molecule has 0 spiro atoms. The van der Waals surface area contributed by atoms with E-state index in [9.17, 15) is 5.11 Å². The summed E-state index contributed by atoms with van der Waals surface area (Å²) in [6.45, 7) is 6.02. The number of rotatable bonds is 5. The third-order valence-corrected chi connectivity index (χ3v) is 4.68. The Morgan fingerprint density at radius 3 is 2.65 bits per heavy atom. The van der Waals surface area contributed by atoms with E-state index in [4.69, 9.17) is 0 Å². The lowest BCUT2D eigenvalue weighted by Crippen LogP contribution is -2.21. The largest absolute Gasteiger partial charge is 0.507 e. The zero-order valence-corrected chi connectivity index (χ0v) is 14.0. The zero-order valence-electron chi connectivity index (χ0n) is 13.2. The van der Waals surface area contributed by atoms with Gasteiger partial charge in [0.15, 0.2) is 0 Å². The van der Waals surface area contributed by atoms with Crippen molar-refractivity contribution in [3.05, 3.63) is 48.0 Å². The van der Waals surface area contributed by atoms with E-state index in [0.29, 0.717) is 10.7 Å². The van der Waals surface area contributed by atoms with Crippen LogP contribution >= 0.6 is 11.3 Å². The summed E-state index contributed by atoms with van der Waals surface area (Å²) >= 11 is 1.54. The summed E-state index contributed by atoms with van der Waals surface area (Å²) in [5.41, 5.74) is 2.66. The molecule has 5 heteroatoms. The average Bonchev–Trinajstić information content (AvgIpc) is 2.98. The highest BCUT2D eigenvalue weighted by Crippen LogP contribution is 2.28. The first-order valence-corrected chi connectivity index (χ1v) is 8.50. The van der Waals surface area contributed by atoms with Crippen LogP contribution in [-0.2, 0) is 0 Å². The quantitative estimate of drug-likeness (QED) is 0.698. The molecule has 23 heavy (non-hydrogen) atoms. The maximum absolute atomic E-state index is 10.2. The van der Waals surface area contributed by atoms with E-state index in [2.05, 4.69) is 28.7 Å². The highest BCUT2D eigenvalue weighted by Gasteiger charge is 2.06. The van der Waals surface area contributed by atoms with Crippen molar-refractivity contribution in [1.29, 1.82) is 0 Å². The van der Waals surface area contributed by atoms with E-state index in [1.807, 2.05) is 36.4 Å². The molecular formula is C18H19N3OS. The second-order valence-corrected chi connectivity index (χ2v) is 6.15. The van der Waals surface area contributed by atoms with Crippen molar-refractivity contribution in [2.24, 2.45) is 4.99 Å². The lowest BCUT2D eigenvalue weighted by Gasteiger charge is -2.21. The summed E-state index contributed by atoms with van der Waals surface area (Å²) < 4.78 is 1.11. The van der Waals surface area contributed by atoms with Gasteiger partial charge in [-0.15, -0.1) is 0 Å². The molecule has 0 bridgehead atoms. The van der Waals surface area contributed by atoms with Crippen LogP contribution in [0, 0.1) is 0 Å². The lowest BCUT2D eigenvalue weighted by molar-refractivity contribution is 0.474. The maximum atomic E-state index is 10.2. The van der Waals surface area contributed by atoms with Gasteiger partial charge in [0.05, 0.1) is 10.2 Å². The van der Waals surface area contributed by atoms with Crippen LogP contribution in [0.15, 0.2) is 47.5 Å². The van der Waals surface area contributed by atoms with E-state index in [1.165, 1.54) is 11.3 Å². The molecule has 0 saturated carbocycles. The summed E-state index contributed by atoms with van der Waals surface area (Å²) in [7, 11) is 0. The van der Waals surface area contributed by atoms with Gasteiger partial charge >= 0.3 is 0 Å². The van der Waals surface area contributed by atoms with E-state index in [1.54, 1.807) is 12.3 Å². The van der Waals surface area contributed by atoms with Crippen LogP contribution in [0.5, 0.6) is 5.75 Å². The molecule has 0 radical (unpaired) electrons. The summed E-state index contributed by atoms with van der Waals surface area (Å²) in [5, 5.41) is 10.9. The Kier molecular flexibility index (Phi) is 4.57. The highest BCUT2D eigenvalue weighted by molar-refractivity contribution is 7.22. The number of phenolic OH excluding ortho intramolecular Hbond substituents is 1. The minimum Gasteiger partial charge on any atom is -0.507 e. The first-order chi connectivity index (χ1) is 11.2. The molecular weight excluding hydrogens is 306 g/mol. The fourth-order valence-corrected chi connectivity index (χ4v) is 3.28. The molecule has 118 valence electrons. The minimum atomic E-state index is 0.235. The van der Waals surface area contributed by atoms with Gasteiger partial charge in [0, 0.05) is 36.6 Å². The molecule has 1 aromatic heterocycles. The molecule has 0 atom stereocenters. The van der Waals surface area contributed by atoms with Gasteiger partial charge in [0.1, 0.15) is 5.75 Å². The second-order valence-electron chi connectivity index (χ2n) is 5.14. The minimum absolute atomic E-state index is 0.235. The molecule has 3 aromatic rings. The Morgan fingerprint density at radius 1 is 1.17 bits per heavy atom. The molecule has 0 aliphatic rings. The number of para-hydroxylation sites is 1. The number of phenols is 1. The van der Waals surface area contributed by atoms with Crippen molar-refractivity contribution in [3.8, 4) is 5.75 Å². The van der Waals surface area contributed by atoms with Crippen molar-refractivity contribution in [2.45, 2.75) is 13.8 Å². The van der Waals surface area contributed by atoms with E-state index < -0.39 is 0 Å². The van der Waals surface area contributed by atoms with Crippen molar-refractivity contribution in [1.82, 2.24) is 4.98 Å². The number of aromatic hydroxyl groups is 1. The highest BCUT2D eigenvalue weighted by atomic mass is 32.1. The SMILES string of the molecule is CCN(CC)c1ccc(C=Nc2nc3ccccc3s2)c(O)c1. The van der Waals surface area contributed by atoms with Gasteiger partial charge in [-0.25, -0.2) is 9.98 Å². The molecule has 3 rings (SSSR count). The molecule has 1 heterocycles. The number of hydrogen-bond acceptors (Lipinski definition) is 5. The molecule has 0 unspecified atom stereocenters. The van der Waals surface area contributed by atoms with Crippen LogP contribution < -0.4 is 4.90 Å². The van der Waals surface area contributed by atoms with Crippen molar-refractivity contribution < 1.29 is 5.11 Å². The summed E-state index contributed by atoms with van der Waals surface area (Å²) in [4.78, 5) is 11.0. The Bertz CT molecular complexity index is 804. The molecule has 4 nitrogen and oxygen atoms in total. The fourth-order valence-electron chi connectivity index (χ4n) is 2.47. The first-order valence-electron chi connectivity index (χ1n) is 7.69. The maximum Gasteiger partial charge on any atom is 0.210 e. The van der Waals surface area contributed by atoms with Crippen molar-refractivity contribution in [3.63, 3.8) is 0 Å². The molecule has 0 saturated heterocycles. The van der Waals surface area contributed by atoms with Crippen LogP contribution in [0.25, 0.3) is 10.2 Å². The van der Waals surface area contributed by atoms with E-state index in [-0.39, 0.29) is 5.75 Å². The standard InChI is InChI=1S/C18H19N3OS/c1-3-21(4-2)14-10-9-13(16(22)11-14)12-19-18-20-15-7-5-6-8-17(15)23-18/h5-12,22H,3-4H2,1-2H3. The Hall–Kier alpha value is -2.40. The van der Waals surface area contributed by atoms with Gasteiger partial charge in [-0.2, -0.15) is 0 Å². The predicted molar refractivity (Wildman–Crippen MR) is 98.5 cm³/mol. The molecule has 0 fully saturated rings. The number of aromatic nitrogens is 1. The smallest absolute Gasteiger partial charge is 0.210 e. The zero-order chi connectivity index (χ0) is 16.2. The molecule has 0 aliphatic heterocycles. The Labute approximate surface area is 139 Å². The number of fused-ring (bicyclic) bond motifs is 1. The third kappa shape index (κ3) is 3.35. The molecule has 1 N–H and O–H groups in total. The van der Waals surface area contributed by atoms with Crippen molar-refractivity contribution in [2.75, 3.05) is 18.0 Å². The van der Waals surface area contributed by atoms with Crippen LogP contribution in [0.1, 0.15) is 19.4 Å². The van der Waals surface area contributed by atoms with Gasteiger partial charge in [-0.05, 0) is 38.1 Å². The molecule has 2 aromatic carbocycles. The van der Waals surface area contributed by atoms with Crippen molar-refractivity contribution >= 4 is 38.6 Å². The number of benzene rings is 2. The predicted octanol–water partition coefficient (Wildman–Crippen LogP) is 4.60. The van der Waals surface area contributed by atoms with Gasteiger partial charge < -0.3 is 10.0 Å². The van der Waals surface area contributed by atoms with Gasteiger partial charge in [-0.1, -0.05) is 23.5 Å². The second kappa shape index (κ2) is 6.79. The average molecular weight is 325 g/mol. The number of nitrogens with zero attached hydrogens (tertiary/aromatic N) is 3. The van der Waals surface area contributed by atoms with Crippen LogP contribution in [0.3, 0.4) is 0 Å². The topological polar surface area (TPSA) is 48.7 Å². The lowest BCUT2D eigenvalue weighted by atomic mass is 10.2. The normalized spacial score (nSPS) is 11.4. The first kappa shape index (κ1) is 15.5. The van der Waals surface area contributed by atoms with Gasteiger partial charge in [0.25, 0.3) is 0 Å². The number of hydrogen-bond donors (Lipinski definition) is 1. The van der Waals surface area contributed by atoms with Gasteiger partial charge in [0.2, 0.25) is 5.13 Å². The number of thiazole rings is 1. The van der Waals surface area contributed by atoms with Crippen LogP contribution in [0.2, 0.25) is 0 Å². The summed E-state index contributed by atoms with van der Waals surface area (Å²) in [5.74, 6) is 0.235. The third-order valence-electron chi connectivity index (χ3n) is 3.74. The van der Waals surface area contributed by atoms with E-state index >= 15 is 0 Å². The van der Waals surface area contributed by atoms with Crippen LogP contribution in [0.4, 0.5) is 10.8 Å². The monoisotopic (exact) mass is 325 g/mol. The summed E-state index contributed by atoms with van der Waals surface area (Å²) in [6, 6.07) is 13.6. The Balaban J connectivity index is 1.84. The fraction of sp³-hybridized carbons (Fsp3) is 0.222. The van der Waals surface area contributed by atoms with Crippen LogP contribution in [-0.4, -0.2) is 29.4 Å². The summed E-state index contributed by atoms with van der Waals surface area (Å²) in [6.07, 6.45) is 1.67. The molecule has 0 aliphatic carbocycles. The number of anilines is 1. The van der Waals surface area contributed by atoms with E-state index in [0.717, 1.165) is 29.0 Å².